The molecular formula is C53H35N3. The average molecular weight is 714 g/mol. The van der Waals surface area contributed by atoms with Crippen molar-refractivity contribution in [3.8, 4) is 78.5 Å². The van der Waals surface area contributed by atoms with Crippen molar-refractivity contribution in [2.24, 2.45) is 0 Å². The molecule has 56 heavy (non-hydrogen) atoms. The highest BCUT2D eigenvalue weighted by atomic mass is 14.9. The number of nitrogens with zero attached hydrogens (tertiary/aromatic N) is 3. The molecule has 3 heteroatoms. The van der Waals surface area contributed by atoms with Crippen LogP contribution in [0.1, 0.15) is 0 Å². The fraction of sp³-hybridized carbons (Fsp3) is 0. The van der Waals surface area contributed by atoms with Gasteiger partial charge in [0, 0.05) is 44.0 Å². The Bertz CT molecular complexity index is 2920. The van der Waals surface area contributed by atoms with Crippen LogP contribution in [-0.2, 0) is 0 Å². The predicted molar refractivity (Wildman–Crippen MR) is 233 cm³/mol. The van der Waals surface area contributed by atoms with Crippen molar-refractivity contribution >= 4 is 21.7 Å². The molecule has 0 N–H and O–H groups in total. The maximum atomic E-state index is 5.62. The van der Waals surface area contributed by atoms with Crippen LogP contribution in [0.4, 0.5) is 0 Å². The predicted octanol–water partition coefficient (Wildman–Crippen LogP) is 13.8. The van der Waals surface area contributed by atoms with E-state index in [4.69, 9.17) is 15.0 Å². The lowest BCUT2D eigenvalue weighted by Gasteiger charge is -2.18. The van der Waals surface area contributed by atoms with Gasteiger partial charge in [-0.05, 0) is 33.9 Å². The molecule has 0 aliphatic carbocycles. The third kappa shape index (κ3) is 6.12. The number of benzene rings is 8. The summed E-state index contributed by atoms with van der Waals surface area (Å²) in [5.74, 6) is 0.702. The van der Waals surface area contributed by atoms with Crippen LogP contribution in [0.3, 0.4) is 0 Å². The highest BCUT2D eigenvalue weighted by Crippen LogP contribution is 2.43. The summed E-state index contributed by atoms with van der Waals surface area (Å²) >= 11 is 0. The van der Waals surface area contributed by atoms with E-state index in [9.17, 15) is 0 Å². The van der Waals surface area contributed by atoms with Crippen LogP contribution >= 0.6 is 0 Å². The van der Waals surface area contributed by atoms with Gasteiger partial charge in [-0.1, -0.05) is 206 Å². The SMILES string of the molecule is c1ccc(-c2cc(-c3ccc(-c4cccc5c4nc(-c4ccccc4-c4ccccc4)c4cccc(-c6ccccc6)c45)cc3)nc(-c3ccccc3)n2)cc1. The standard InChI is InChI=1S/C53H35N3/c1-5-17-36(18-6-1)42-25-13-14-26-45(42)52-47-29-15-27-43(37-19-7-2-8-20-37)50(47)46-30-16-28-44(51(46)56-52)38-31-33-40(34-32-38)49-35-48(39-21-9-3-10-22-39)54-53(55-49)41-23-11-4-12-24-41/h1-35H. The summed E-state index contributed by atoms with van der Waals surface area (Å²) in [6.45, 7) is 0. The second kappa shape index (κ2) is 14.4. The molecule has 0 saturated carbocycles. The third-order valence-corrected chi connectivity index (χ3v) is 10.5. The van der Waals surface area contributed by atoms with Crippen molar-refractivity contribution in [1.29, 1.82) is 0 Å². The number of hydrogen-bond acceptors (Lipinski definition) is 3. The van der Waals surface area contributed by atoms with E-state index in [0.717, 1.165) is 77.9 Å². The van der Waals surface area contributed by atoms with Gasteiger partial charge in [0.2, 0.25) is 0 Å². The second-order valence-electron chi connectivity index (χ2n) is 13.9. The van der Waals surface area contributed by atoms with Gasteiger partial charge in [-0.15, -0.1) is 0 Å². The van der Waals surface area contributed by atoms with E-state index in [1.807, 2.05) is 36.4 Å². The van der Waals surface area contributed by atoms with Gasteiger partial charge in [0.15, 0.2) is 5.82 Å². The van der Waals surface area contributed by atoms with Gasteiger partial charge < -0.3 is 0 Å². The van der Waals surface area contributed by atoms with Crippen LogP contribution in [0, 0.1) is 0 Å². The van der Waals surface area contributed by atoms with Gasteiger partial charge in [-0.2, -0.15) is 0 Å². The number of aromatic nitrogens is 3. The third-order valence-electron chi connectivity index (χ3n) is 10.5. The molecule has 0 radical (unpaired) electrons. The molecule has 0 aliphatic heterocycles. The van der Waals surface area contributed by atoms with Crippen molar-refractivity contribution in [2.75, 3.05) is 0 Å². The summed E-state index contributed by atoms with van der Waals surface area (Å²) in [7, 11) is 0. The first-order valence-electron chi connectivity index (χ1n) is 18.9. The Morgan fingerprint density at radius 1 is 0.268 bits per heavy atom. The van der Waals surface area contributed by atoms with Gasteiger partial charge in [-0.3, -0.25) is 0 Å². The van der Waals surface area contributed by atoms with E-state index >= 15 is 0 Å². The van der Waals surface area contributed by atoms with Crippen molar-refractivity contribution in [3.05, 3.63) is 212 Å². The lowest BCUT2D eigenvalue weighted by atomic mass is 9.89. The molecule has 0 fully saturated rings. The summed E-state index contributed by atoms with van der Waals surface area (Å²) in [4.78, 5) is 15.7. The van der Waals surface area contributed by atoms with Crippen LogP contribution in [0.15, 0.2) is 212 Å². The van der Waals surface area contributed by atoms with Gasteiger partial charge in [0.05, 0.1) is 22.6 Å². The topological polar surface area (TPSA) is 38.7 Å². The maximum absolute atomic E-state index is 5.62. The van der Waals surface area contributed by atoms with Crippen molar-refractivity contribution < 1.29 is 0 Å². The molecule has 10 rings (SSSR count). The molecule has 0 bridgehead atoms. The number of rotatable bonds is 7. The minimum absolute atomic E-state index is 0.702. The summed E-state index contributed by atoms with van der Waals surface area (Å²) < 4.78 is 0. The molecule has 10 aromatic rings. The van der Waals surface area contributed by atoms with Crippen molar-refractivity contribution in [3.63, 3.8) is 0 Å². The molecule has 0 aliphatic rings. The monoisotopic (exact) mass is 713 g/mol. The van der Waals surface area contributed by atoms with Crippen LogP contribution in [0.25, 0.3) is 100 Å². The molecule has 0 saturated heterocycles. The smallest absolute Gasteiger partial charge is 0.160 e. The van der Waals surface area contributed by atoms with Crippen LogP contribution < -0.4 is 0 Å². The zero-order chi connectivity index (χ0) is 37.3. The summed E-state index contributed by atoms with van der Waals surface area (Å²) in [5.41, 5.74) is 14.7. The number of pyridine rings is 1. The summed E-state index contributed by atoms with van der Waals surface area (Å²) in [6.07, 6.45) is 0. The molecule has 0 spiro atoms. The number of hydrogen-bond donors (Lipinski definition) is 0. The normalized spacial score (nSPS) is 11.2. The quantitative estimate of drug-likeness (QED) is 0.154. The molecule has 2 aromatic heterocycles. The zero-order valence-corrected chi connectivity index (χ0v) is 30.5. The highest BCUT2D eigenvalue weighted by Gasteiger charge is 2.19. The minimum atomic E-state index is 0.702. The van der Waals surface area contributed by atoms with E-state index in [0.29, 0.717) is 5.82 Å². The summed E-state index contributed by atoms with van der Waals surface area (Å²) in [5, 5.41) is 3.45. The fourth-order valence-corrected chi connectivity index (χ4v) is 7.82. The molecule has 262 valence electrons. The first-order chi connectivity index (χ1) is 27.8. The Balaban J connectivity index is 1.17. The molecule has 8 aromatic carbocycles. The Morgan fingerprint density at radius 3 is 1.32 bits per heavy atom. The average Bonchev–Trinajstić information content (AvgIpc) is 3.29. The van der Waals surface area contributed by atoms with Crippen LogP contribution in [-0.4, -0.2) is 15.0 Å². The second-order valence-corrected chi connectivity index (χ2v) is 13.9. The van der Waals surface area contributed by atoms with Gasteiger partial charge in [0.25, 0.3) is 0 Å². The first kappa shape index (κ1) is 33.1. The van der Waals surface area contributed by atoms with Crippen LogP contribution in [0.2, 0.25) is 0 Å². The molecule has 2 heterocycles. The summed E-state index contributed by atoms with van der Waals surface area (Å²) in [6, 6.07) is 74.4. The zero-order valence-electron chi connectivity index (χ0n) is 30.5. The largest absolute Gasteiger partial charge is 0.246 e. The maximum Gasteiger partial charge on any atom is 0.160 e. The van der Waals surface area contributed by atoms with E-state index in [2.05, 4.69) is 176 Å². The Kier molecular flexibility index (Phi) is 8.51. The van der Waals surface area contributed by atoms with E-state index in [1.165, 1.54) is 16.5 Å². The number of para-hydroxylation sites is 1. The fourth-order valence-electron chi connectivity index (χ4n) is 7.82. The van der Waals surface area contributed by atoms with Crippen molar-refractivity contribution in [2.45, 2.75) is 0 Å². The molecule has 0 atom stereocenters. The van der Waals surface area contributed by atoms with Gasteiger partial charge >= 0.3 is 0 Å². The Morgan fingerprint density at radius 2 is 0.696 bits per heavy atom. The van der Waals surface area contributed by atoms with E-state index in [1.54, 1.807) is 0 Å². The highest BCUT2D eigenvalue weighted by molar-refractivity contribution is 6.19. The van der Waals surface area contributed by atoms with Crippen LogP contribution in [0.5, 0.6) is 0 Å². The van der Waals surface area contributed by atoms with Gasteiger partial charge in [-0.25, -0.2) is 15.0 Å². The van der Waals surface area contributed by atoms with E-state index < -0.39 is 0 Å². The molecular weight excluding hydrogens is 679 g/mol. The molecule has 0 amide bonds. The Labute approximate surface area is 326 Å². The van der Waals surface area contributed by atoms with E-state index in [-0.39, 0.29) is 0 Å². The Hall–Kier alpha value is -7.49. The van der Waals surface area contributed by atoms with Crippen molar-refractivity contribution in [1.82, 2.24) is 15.0 Å². The van der Waals surface area contributed by atoms with Gasteiger partial charge in [0.1, 0.15) is 0 Å². The first-order valence-corrected chi connectivity index (χ1v) is 18.9. The molecule has 3 nitrogen and oxygen atoms in total. The lowest BCUT2D eigenvalue weighted by molar-refractivity contribution is 1.18. The molecule has 0 unspecified atom stereocenters. The lowest BCUT2D eigenvalue weighted by Crippen LogP contribution is -1.96. The number of fused-ring (bicyclic) bond motifs is 3. The minimum Gasteiger partial charge on any atom is -0.246 e.